The second kappa shape index (κ2) is 15.2. The van der Waals surface area contributed by atoms with Crippen LogP contribution in [0.5, 0.6) is 0 Å². The lowest BCUT2D eigenvalue weighted by molar-refractivity contribution is -0.139. The number of nitrogens with one attached hydrogen (secondary N) is 3. The molecule has 0 saturated heterocycles. The van der Waals surface area contributed by atoms with E-state index in [-0.39, 0.29) is 40.1 Å². The van der Waals surface area contributed by atoms with Crippen LogP contribution in [-0.2, 0) is 21.3 Å². The van der Waals surface area contributed by atoms with Crippen LogP contribution in [0.4, 0.5) is 5.69 Å². The standard InChI is InChI=1S/C31H26N4O6.CH4O3S/c32-27(33)19-10-13-21(14-11-19)34-29(37)25-17-20(12-15-23(25)22-8-4-5-9-24(22)30(38)39)28(36)35-26(31(40)41)16-18-6-2-1-3-7-18;1-5(2,3)4/h1-15,17,26H,16H2,(H3,32,33)(H,34,37)(H,35,36)(H,38,39)(H,40,41);1H3,(H,2,3,4). The van der Waals surface area contributed by atoms with Gasteiger partial charge in [-0.25, -0.2) is 9.59 Å². The number of carboxylic acid groups (broad SMARTS) is 2. The van der Waals surface area contributed by atoms with Gasteiger partial charge in [-0.1, -0.05) is 54.6 Å². The molecule has 0 aliphatic rings. The Hall–Kier alpha value is -5.86. The van der Waals surface area contributed by atoms with Gasteiger partial charge in [0.2, 0.25) is 0 Å². The maximum atomic E-state index is 13.5. The van der Waals surface area contributed by atoms with Crippen molar-refractivity contribution in [2.24, 2.45) is 5.73 Å². The van der Waals surface area contributed by atoms with Crippen molar-refractivity contribution in [2.75, 3.05) is 11.6 Å². The fraction of sp³-hybridized carbons (Fsp3) is 0.0938. The summed E-state index contributed by atoms with van der Waals surface area (Å²) in [7, 11) is -3.67. The molecular weight excluding hydrogens is 616 g/mol. The number of hydrogen-bond donors (Lipinski definition) is 7. The van der Waals surface area contributed by atoms with Crippen LogP contribution in [-0.4, -0.2) is 65.1 Å². The molecule has 238 valence electrons. The molecule has 0 saturated carbocycles. The zero-order valence-electron chi connectivity index (χ0n) is 24.3. The number of carboxylic acids is 2. The van der Waals surface area contributed by atoms with E-state index in [4.69, 9.17) is 15.7 Å². The molecule has 46 heavy (non-hydrogen) atoms. The molecule has 0 radical (unpaired) electrons. The zero-order valence-corrected chi connectivity index (χ0v) is 25.1. The summed E-state index contributed by atoms with van der Waals surface area (Å²) in [4.78, 5) is 50.5. The minimum atomic E-state index is -3.67. The van der Waals surface area contributed by atoms with Crippen LogP contribution in [0.15, 0.2) is 97.1 Å². The maximum Gasteiger partial charge on any atom is 0.336 e. The third kappa shape index (κ3) is 10.1. The van der Waals surface area contributed by atoms with Crippen molar-refractivity contribution in [2.45, 2.75) is 12.5 Å². The van der Waals surface area contributed by atoms with E-state index in [1.807, 2.05) is 0 Å². The van der Waals surface area contributed by atoms with Crippen LogP contribution in [0.2, 0.25) is 0 Å². The number of amides is 2. The number of nitrogen functional groups attached to an aromatic ring is 1. The Morgan fingerprint density at radius 3 is 1.89 bits per heavy atom. The van der Waals surface area contributed by atoms with Crippen LogP contribution < -0.4 is 16.4 Å². The van der Waals surface area contributed by atoms with Gasteiger partial charge in [-0.2, -0.15) is 8.42 Å². The molecule has 0 aromatic heterocycles. The summed E-state index contributed by atoms with van der Waals surface area (Å²) in [6, 6.07) is 24.1. The average molecular weight is 647 g/mol. The van der Waals surface area contributed by atoms with E-state index in [1.54, 1.807) is 72.8 Å². The molecular formula is C32H30N4O9S. The van der Waals surface area contributed by atoms with E-state index < -0.39 is 39.9 Å². The molecule has 0 aliphatic carbocycles. The van der Waals surface area contributed by atoms with Crippen molar-refractivity contribution in [3.8, 4) is 11.1 Å². The summed E-state index contributed by atoms with van der Waals surface area (Å²) in [6.45, 7) is 0. The minimum Gasteiger partial charge on any atom is -0.480 e. The molecule has 2 amide bonds. The molecule has 13 nitrogen and oxygen atoms in total. The number of carbonyl (C=O) groups excluding carboxylic acids is 2. The Bertz CT molecular complexity index is 1870. The number of anilines is 1. The first-order valence-corrected chi connectivity index (χ1v) is 15.2. The first-order valence-electron chi connectivity index (χ1n) is 13.4. The van der Waals surface area contributed by atoms with Crippen molar-refractivity contribution in [3.05, 3.63) is 125 Å². The summed E-state index contributed by atoms with van der Waals surface area (Å²) in [5.41, 5.74) is 7.54. The van der Waals surface area contributed by atoms with Gasteiger partial charge in [-0.3, -0.25) is 19.6 Å². The van der Waals surface area contributed by atoms with Gasteiger partial charge in [0.05, 0.1) is 11.8 Å². The van der Waals surface area contributed by atoms with Gasteiger partial charge in [-0.15, -0.1) is 0 Å². The van der Waals surface area contributed by atoms with Crippen LogP contribution in [0.1, 0.15) is 42.2 Å². The summed E-state index contributed by atoms with van der Waals surface area (Å²) in [6.07, 6.45) is 0.766. The molecule has 8 N–H and O–H groups in total. The number of nitrogens with two attached hydrogens (primary N) is 1. The van der Waals surface area contributed by atoms with Crippen LogP contribution in [0.25, 0.3) is 11.1 Å². The fourth-order valence-electron chi connectivity index (χ4n) is 4.24. The van der Waals surface area contributed by atoms with E-state index in [2.05, 4.69) is 10.6 Å². The molecule has 0 heterocycles. The predicted molar refractivity (Wildman–Crippen MR) is 171 cm³/mol. The van der Waals surface area contributed by atoms with Gasteiger partial charge in [0.1, 0.15) is 11.9 Å². The van der Waals surface area contributed by atoms with Crippen LogP contribution >= 0.6 is 0 Å². The van der Waals surface area contributed by atoms with Crippen molar-refractivity contribution in [1.82, 2.24) is 5.32 Å². The van der Waals surface area contributed by atoms with Crippen molar-refractivity contribution in [3.63, 3.8) is 0 Å². The van der Waals surface area contributed by atoms with E-state index in [1.165, 1.54) is 24.3 Å². The smallest absolute Gasteiger partial charge is 0.336 e. The van der Waals surface area contributed by atoms with E-state index in [9.17, 15) is 37.8 Å². The summed E-state index contributed by atoms with van der Waals surface area (Å²) < 4.78 is 25.9. The second-order valence-corrected chi connectivity index (χ2v) is 11.3. The van der Waals surface area contributed by atoms with Gasteiger partial charge >= 0.3 is 11.9 Å². The Morgan fingerprint density at radius 2 is 1.33 bits per heavy atom. The summed E-state index contributed by atoms with van der Waals surface area (Å²) in [5.74, 6) is -3.91. The number of benzene rings is 4. The first kappa shape index (κ1) is 34.6. The molecule has 0 aliphatic heterocycles. The Balaban J connectivity index is 0.00000107. The molecule has 1 unspecified atom stereocenters. The highest BCUT2D eigenvalue weighted by molar-refractivity contribution is 7.85. The summed E-state index contributed by atoms with van der Waals surface area (Å²) in [5, 5.41) is 32.2. The Morgan fingerprint density at radius 1 is 0.783 bits per heavy atom. The number of amidine groups is 1. The summed E-state index contributed by atoms with van der Waals surface area (Å²) >= 11 is 0. The average Bonchev–Trinajstić information content (AvgIpc) is 3.00. The third-order valence-corrected chi connectivity index (χ3v) is 6.31. The minimum absolute atomic E-state index is 0.00284. The van der Waals surface area contributed by atoms with Gasteiger partial charge in [0.25, 0.3) is 21.9 Å². The first-order chi connectivity index (χ1) is 21.6. The van der Waals surface area contributed by atoms with E-state index in [0.717, 1.165) is 5.56 Å². The second-order valence-electron chi connectivity index (χ2n) is 9.84. The Labute approximate surface area is 264 Å². The lowest BCUT2D eigenvalue weighted by Crippen LogP contribution is -2.42. The lowest BCUT2D eigenvalue weighted by Gasteiger charge is -2.17. The molecule has 4 aromatic carbocycles. The van der Waals surface area contributed by atoms with Crippen LogP contribution in [0, 0.1) is 5.41 Å². The molecule has 4 rings (SSSR count). The SMILES string of the molecule is CS(=O)(=O)O.N=C(N)c1ccc(NC(=O)c2cc(C(=O)NC(Cc3ccccc3)C(=O)O)ccc2-c2ccccc2C(=O)O)cc1. The highest BCUT2D eigenvalue weighted by Gasteiger charge is 2.24. The van der Waals surface area contributed by atoms with E-state index >= 15 is 0 Å². The third-order valence-electron chi connectivity index (χ3n) is 6.31. The number of hydrogen-bond acceptors (Lipinski definition) is 7. The van der Waals surface area contributed by atoms with Gasteiger partial charge in [0, 0.05) is 28.8 Å². The van der Waals surface area contributed by atoms with Gasteiger partial charge in [0.15, 0.2) is 0 Å². The molecule has 14 heteroatoms. The quantitative estimate of drug-likeness (QED) is 0.0751. The number of rotatable bonds is 10. The molecule has 0 fully saturated rings. The molecule has 1 atom stereocenters. The van der Waals surface area contributed by atoms with Gasteiger partial charge in [-0.05, 0) is 59.2 Å². The number of aliphatic carboxylic acids is 1. The molecule has 0 bridgehead atoms. The largest absolute Gasteiger partial charge is 0.480 e. The predicted octanol–water partition coefficient (Wildman–Crippen LogP) is 3.52. The number of carbonyl (C=O) groups is 4. The van der Waals surface area contributed by atoms with E-state index in [0.29, 0.717) is 17.5 Å². The monoisotopic (exact) mass is 646 g/mol. The molecule has 0 spiro atoms. The topological polar surface area (TPSA) is 237 Å². The highest BCUT2D eigenvalue weighted by atomic mass is 32.2. The van der Waals surface area contributed by atoms with Crippen molar-refractivity contribution < 1.29 is 42.4 Å². The van der Waals surface area contributed by atoms with Gasteiger partial charge < -0.3 is 26.6 Å². The van der Waals surface area contributed by atoms with Crippen molar-refractivity contribution >= 4 is 45.4 Å². The normalized spacial score (nSPS) is 11.3. The lowest BCUT2D eigenvalue weighted by atomic mass is 9.93. The van der Waals surface area contributed by atoms with Crippen molar-refractivity contribution in [1.29, 1.82) is 5.41 Å². The fourth-order valence-corrected chi connectivity index (χ4v) is 4.24. The van der Waals surface area contributed by atoms with Crippen LogP contribution in [0.3, 0.4) is 0 Å². The number of aromatic carboxylic acids is 1. The molecule has 4 aromatic rings. The zero-order chi connectivity index (χ0) is 34.0. The highest BCUT2D eigenvalue weighted by Crippen LogP contribution is 2.29. The Kier molecular flexibility index (Phi) is 11.5. The maximum absolute atomic E-state index is 13.5.